The minimum atomic E-state index is -4.76. The molecule has 1 fully saturated rings. The molecule has 23 heavy (non-hydrogen) atoms. The summed E-state index contributed by atoms with van der Waals surface area (Å²) in [6.07, 6.45) is -7.58. The lowest BCUT2D eigenvalue weighted by Gasteiger charge is -2.18. The molecule has 0 bridgehead atoms. The lowest BCUT2D eigenvalue weighted by atomic mass is 9.96. The van der Waals surface area contributed by atoms with Crippen LogP contribution in [0.2, 0.25) is 0 Å². The molecular formula is C14H12F5NO3. The number of benzene rings is 1. The van der Waals surface area contributed by atoms with Crippen LogP contribution in [0, 0.1) is 11.8 Å². The predicted octanol–water partition coefficient (Wildman–Crippen LogP) is 2.96. The van der Waals surface area contributed by atoms with Gasteiger partial charge in [0.1, 0.15) is 0 Å². The van der Waals surface area contributed by atoms with Gasteiger partial charge >= 0.3 is 12.1 Å². The van der Waals surface area contributed by atoms with Crippen molar-refractivity contribution in [3.05, 3.63) is 35.4 Å². The van der Waals surface area contributed by atoms with E-state index in [9.17, 15) is 31.5 Å². The van der Waals surface area contributed by atoms with E-state index in [4.69, 9.17) is 5.11 Å². The van der Waals surface area contributed by atoms with Crippen LogP contribution in [0.3, 0.4) is 0 Å². The van der Waals surface area contributed by atoms with Crippen molar-refractivity contribution in [2.24, 2.45) is 11.8 Å². The monoisotopic (exact) mass is 337 g/mol. The van der Waals surface area contributed by atoms with Crippen LogP contribution in [0.1, 0.15) is 22.3 Å². The maximum Gasteiger partial charge on any atom is 0.394 e. The first-order chi connectivity index (χ1) is 10.6. The molecule has 1 aromatic rings. The van der Waals surface area contributed by atoms with Gasteiger partial charge in [0.2, 0.25) is 0 Å². The van der Waals surface area contributed by atoms with Crippen LogP contribution in [-0.2, 0) is 4.79 Å². The SMILES string of the molecule is O=C(O)[C@@H]1CN(C(=O)c2cccc(C(F)F)c2)C[C@H]1C(F)(F)F. The van der Waals surface area contributed by atoms with Crippen molar-refractivity contribution >= 4 is 11.9 Å². The van der Waals surface area contributed by atoms with E-state index in [1.165, 1.54) is 12.1 Å². The van der Waals surface area contributed by atoms with E-state index in [0.717, 1.165) is 17.0 Å². The molecule has 0 unspecified atom stereocenters. The Morgan fingerprint density at radius 1 is 1.22 bits per heavy atom. The number of halogens is 5. The van der Waals surface area contributed by atoms with Gasteiger partial charge < -0.3 is 10.0 Å². The molecule has 1 aliphatic heterocycles. The summed E-state index contributed by atoms with van der Waals surface area (Å²) in [5.41, 5.74) is -0.632. The van der Waals surface area contributed by atoms with Gasteiger partial charge in [0.05, 0.1) is 11.8 Å². The third-order valence-corrected chi connectivity index (χ3v) is 3.73. The number of carboxylic acids is 1. The van der Waals surface area contributed by atoms with E-state index in [0.29, 0.717) is 0 Å². The van der Waals surface area contributed by atoms with Crippen LogP contribution in [0.25, 0.3) is 0 Å². The highest BCUT2D eigenvalue weighted by Gasteiger charge is 2.53. The van der Waals surface area contributed by atoms with Crippen LogP contribution in [-0.4, -0.2) is 41.1 Å². The average molecular weight is 337 g/mol. The molecule has 1 aromatic carbocycles. The van der Waals surface area contributed by atoms with E-state index < -0.39 is 55.0 Å². The Morgan fingerprint density at radius 3 is 2.35 bits per heavy atom. The minimum absolute atomic E-state index is 0.199. The van der Waals surface area contributed by atoms with Crippen LogP contribution in [0.15, 0.2) is 24.3 Å². The maximum absolute atomic E-state index is 12.9. The van der Waals surface area contributed by atoms with E-state index in [1.807, 2.05) is 0 Å². The fraction of sp³-hybridized carbons (Fsp3) is 0.429. The zero-order valence-corrected chi connectivity index (χ0v) is 11.6. The Hall–Kier alpha value is -2.19. The highest BCUT2D eigenvalue weighted by atomic mass is 19.4. The molecule has 0 saturated carbocycles. The summed E-state index contributed by atoms with van der Waals surface area (Å²) in [6.45, 7) is -1.42. The van der Waals surface area contributed by atoms with Gasteiger partial charge in [0.25, 0.3) is 12.3 Å². The number of carbonyl (C=O) groups excluding carboxylic acids is 1. The van der Waals surface area contributed by atoms with Gasteiger partial charge in [-0.05, 0) is 12.1 Å². The molecule has 0 radical (unpaired) electrons. The second-order valence-electron chi connectivity index (χ2n) is 5.23. The first-order valence-electron chi connectivity index (χ1n) is 6.58. The number of amides is 1. The molecule has 1 heterocycles. The topological polar surface area (TPSA) is 57.6 Å². The fourth-order valence-electron chi connectivity index (χ4n) is 2.54. The second kappa shape index (κ2) is 6.13. The second-order valence-corrected chi connectivity index (χ2v) is 5.23. The Kier molecular flexibility index (Phi) is 4.58. The first-order valence-corrected chi connectivity index (χ1v) is 6.58. The van der Waals surface area contributed by atoms with Gasteiger partial charge in [0.15, 0.2) is 0 Å². The molecule has 1 N–H and O–H groups in total. The van der Waals surface area contributed by atoms with Gasteiger partial charge in [-0.25, -0.2) is 8.78 Å². The van der Waals surface area contributed by atoms with Crippen molar-refractivity contribution in [3.63, 3.8) is 0 Å². The van der Waals surface area contributed by atoms with E-state index in [-0.39, 0.29) is 5.56 Å². The highest BCUT2D eigenvalue weighted by Crippen LogP contribution is 2.38. The number of carboxylic acid groups (broad SMARTS) is 1. The van der Waals surface area contributed by atoms with Gasteiger partial charge in [-0.3, -0.25) is 9.59 Å². The van der Waals surface area contributed by atoms with Gasteiger partial charge in [-0.2, -0.15) is 13.2 Å². The maximum atomic E-state index is 12.9. The molecule has 126 valence electrons. The van der Waals surface area contributed by atoms with Crippen molar-refractivity contribution < 1.29 is 36.6 Å². The predicted molar refractivity (Wildman–Crippen MR) is 68.0 cm³/mol. The lowest BCUT2D eigenvalue weighted by Crippen LogP contribution is -2.34. The molecule has 1 aliphatic rings. The number of hydrogen-bond donors (Lipinski definition) is 1. The van der Waals surface area contributed by atoms with Crippen LogP contribution in [0.5, 0.6) is 0 Å². The Labute approximate surface area is 127 Å². The van der Waals surface area contributed by atoms with Crippen molar-refractivity contribution in [2.75, 3.05) is 13.1 Å². The number of alkyl halides is 5. The van der Waals surface area contributed by atoms with Crippen LogP contribution < -0.4 is 0 Å². The molecular weight excluding hydrogens is 325 g/mol. The third-order valence-electron chi connectivity index (χ3n) is 3.73. The summed E-state index contributed by atoms with van der Waals surface area (Å²) < 4.78 is 63.9. The minimum Gasteiger partial charge on any atom is -0.481 e. The number of carbonyl (C=O) groups is 2. The van der Waals surface area contributed by atoms with Crippen molar-refractivity contribution in [3.8, 4) is 0 Å². The summed E-state index contributed by atoms with van der Waals surface area (Å²) in [7, 11) is 0. The van der Waals surface area contributed by atoms with Crippen LogP contribution >= 0.6 is 0 Å². The highest BCUT2D eigenvalue weighted by molar-refractivity contribution is 5.95. The van der Waals surface area contributed by atoms with E-state index >= 15 is 0 Å². The zero-order chi connectivity index (χ0) is 17.4. The van der Waals surface area contributed by atoms with E-state index in [1.54, 1.807) is 0 Å². The van der Waals surface area contributed by atoms with Crippen molar-refractivity contribution in [2.45, 2.75) is 12.6 Å². The molecule has 1 amide bonds. The average Bonchev–Trinajstić information content (AvgIpc) is 2.92. The molecule has 2 rings (SSSR count). The Morgan fingerprint density at radius 2 is 1.87 bits per heavy atom. The molecule has 0 aromatic heterocycles. The summed E-state index contributed by atoms with van der Waals surface area (Å²) >= 11 is 0. The summed E-state index contributed by atoms with van der Waals surface area (Å²) in [5.74, 6) is -6.49. The molecule has 2 atom stereocenters. The van der Waals surface area contributed by atoms with Crippen molar-refractivity contribution in [1.82, 2.24) is 4.90 Å². The molecule has 0 aliphatic carbocycles. The van der Waals surface area contributed by atoms with Gasteiger partial charge in [-0.1, -0.05) is 12.1 Å². The third kappa shape index (κ3) is 3.59. The summed E-state index contributed by atoms with van der Waals surface area (Å²) in [4.78, 5) is 23.9. The fourth-order valence-corrected chi connectivity index (χ4v) is 2.54. The summed E-state index contributed by atoms with van der Waals surface area (Å²) in [5, 5.41) is 8.90. The largest absolute Gasteiger partial charge is 0.481 e. The van der Waals surface area contributed by atoms with Crippen LogP contribution in [0.4, 0.5) is 22.0 Å². The molecule has 0 spiro atoms. The summed E-state index contributed by atoms with van der Waals surface area (Å²) in [6, 6.07) is 4.37. The number of nitrogens with zero attached hydrogens (tertiary/aromatic N) is 1. The number of likely N-dealkylation sites (tertiary alicyclic amines) is 1. The first kappa shape index (κ1) is 17.2. The van der Waals surface area contributed by atoms with Gasteiger partial charge in [-0.15, -0.1) is 0 Å². The number of rotatable bonds is 3. The number of hydrogen-bond acceptors (Lipinski definition) is 2. The molecule has 4 nitrogen and oxygen atoms in total. The number of aliphatic carboxylic acids is 1. The normalized spacial score (nSPS) is 21.7. The lowest BCUT2D eigenvalue weighted by molar-refractivity contribution is -0.187. The standard InChI is InChI=1S/C14H12F5NO3/c15-11(16)7-2-1-3-8(4-7)12(21)20-5-9(13(22)23)10(6-20)14(17,18)19/h1-4,9-11H,5-6H2,(H,22,23)/t9-,10-/m1/s1. The smallest absolute Gasteiger partial charge is 0.394 e. The molecule has 9 heteroatoms. The quantitative estimate of drug-likeness (QED) is 0.863. The van der Waals surface area contributed by atoms with E-state index in [2.05, 4.69) is 0 Å². The Balaban J connectivity index is 2.24. The zero-order valence-electron chi connectivity index (χ0n) is 11.6. The Bertz CT molecular complexity index is 617. The van der Waals surface area contributed by atoms with Gasteiger partial charge in [0, 0.05) is 24.2 Å². The van der Waals surface area contributed by atoms with Crippen molar-refractivity contribution in [1.29, 1.82) is 0 Å². The molecule has 1 saturated heterocycles.